The molecule has 0 saturated heterocycles. The van der Waals surface area contributed by atoms with E-state index < -0.39 is 0 Å². The third-order valence-electron chi connectivity index (χ3n) is 2.79. The Morgan fingerprint density at radius 3 is 2.50 bits per heavy atom. The smallest absolute Gasteiger partial charge is 0.294 e. The van der Waals surface area contributed by atoms with Crippen molar-refractivity contribution in [1.29, 1.82) is 0 Å². The van der Waals surface area contributed by atoms with Crippen LogP contribution in [0.2, 0.25) is 0 Å². The Labute approximate surface area is 101 Å². The minimum absolute atomic E-state index is 0. The highest BCUT2D eigenvalue weighted by Crippen LogP contribution is 2.17. The van der Waals surface area contributed by atoms with Crippen LogP contribution in [0.25, 0.3) is 0 Å². The van der Waals surface area contributed by atoms with Gasteiger partial charge in [0, 0.05) is 6.42 Å². The van der Waals surface area contributed by atoms with Gasteiger partial charge < -0.3 is 12.4 Å². The molecule has 0 amide bonds. The second-order valence-corrected chi connectivity index (χ2v) is 3.87. The Kier molecular flexibility index (Phi) is 3.96. The van der Waals surface area contributed by atoms with Crippen LogP contribution >= 0.6 is 0 Å². The molecule has 0 aliphatic rings. The Bertz CT molecular complexity index is 457. The van der Waals surface area contributed by atoms with Crippen LogP contribution < -0.4 is 23.2 Å². The second-order valence-electron chi connectivity index (χ2n) is 3.87. The lowest BCUT2D eigenvalue weighted by molar-refractivity contribution is -0.434. The minimum atomic E-state index is 0. The van der Waals surface area contributed by atoms with Crippen molar-refractivity contribution in [2.75, 3.05) is 5.73 Å². The SMILES string of the molecule is Cc1ccccc1Cc1c(C)[nH][nH+]c1N.[Cl-]. The van der Waals surface area contributed by atoms with E-state index in [1.54, 1.807) is 0 Å². The Morgan fingerprint density at radius 2 is 1.94 bits per heavy atom. The van der Waals surface area contributed by atoms with Crippen LogP contribution in [0.15, 0.2) is 24.3 Å². The van der Waals surface area contributed by atoms with Crippen molar-refractivity contribution in [1.82, 2.24) is 5.10 Å². The number of nitrogen functional groups attached to an aromatic ring is 1. The van der Waals surface area contributed by atoms with Gasteiger partial charge in [-0.3, -0.25) is 5.73 Å². The summed E-state index contributed by atoms with van der Waals surface area (Å²) in [7, 11) is 0. The summed E-state index contributed by atoms with van der Waals surface area (Å²) < 4.78 is 0. The number of aryl methyl sites for hydroxylation is 2. The molecule has 1 heterocycles. The highest BCUT2D eigenvalue weighted by atomic mass is 35.5. The highest BCUT2D eigenvalue weighted by molar-refractivity contribution is 5.42. The van der Waals surface area contributed by atoms with Crippen LogP contribution in [0.4, 0.5) is 5.82 Å². The number of hydrogen-bond acceptors (Lipinski definition) is 1. The fourth-order valence-corrected chi connectivity index (χ4v) is 1.74. The van der Waals surface area contributed by atoms with Crippen molar-refractivity contribution < 1.29 is 17.5 Å². The third kappa shape index (κ3) is 2.36. The number of H-pyrrole nitrogens is 2. The average Bonchev–Trinajstić information content (AvgIpc) is 2.53. The number of hydrogen-bond donors (Lipinski definition) is 2. The summed E-state index contributed by atoms with van der Waals surface area (Å²) in [6.07, 6.45) is 0.879. The second kappa shape index (κ2) is 5.03. The molecule has 86 valence electrons. The van der Waals surface area contributed by atoms with E-state index in [0.29, 0.717) is 0 Å². The molecular formula is C12H16ClN3. The molecule has 0 bridgehead atoms. The molecule has 0 unspecified atom stereocenters. The number of nitrogens with two attached hydrogens (primary N) is 1. The number of benzene rings is 1. The molecule has 1 aromatic carbocycles. The van der Waals surface area contributed by atoms with Gasteiger partial charge in [0.1, 0.15) is 0 Å². The summed E-state index contributed by atoms with van der Waals surface area (Å²) in [5, 5.41) is 5.96. The van der Waals surface area contributed by atoms with Crippen molar-refractivity contribution in [3.63, 3.8) is 0 Å². The minimum Gasteiger partial charge on any atom is -1.00 e. The van der Waals surface area contributed by atoms with Gasteiger partial charge in [-0.15, -0.1) is 0 Å². The summed E-state index contributed by atoms with van der Waals surface area (Å²) in [5.41, 5.74) is 10.7. The normalized spacial score (nSPS) is 9.88. The van der Waals surface area contributed by atoms with Crippen LogP contribution in [0.5, 0.6) is 0 Å². The van der Waals surface area contributed by atoms with Crippen LogP contribution in [0, 0.1) is 13.8 Å². The van der Waals surface area contributed by atoms with Gasteiger partial charge in [-0.25, -0.2) is 5.10 Å². The summed E-state index contributed by atoms with van der Waals surface area (Å²) in [5.74, 6) is 0.732. The van der Waals surface area contributed by atoms with E-state index >= 15 is 0 Å². The maximum absolute atomic E-state index is 5.85. The van der Waals surface area contributed by atoms with Gasteiger partial charge in [-0.1, -0.05) is 24.3 Å². The zero-order valence-corrected chi connectivity index (χ0v) is 10.2. The van der Waals surface area contributed by atoms with Crippen molar-refractivity contribution >= 4 is 5.82 Å². The molecule has 1 aromatic heterocycles. The number of anilines is 1. The Morgan fingerprint density at radius 1 is 1.25 bits per heavy atom. The maximum atomic E-state index is 5.85. The van der Waals surface area contributed by atoms with Crippen molar-refractivity contribution in [3.8, 4) is 0 Å². The van der Waals surface area contributed by atoms with Gasteiger partial charge in [0.15, 0.2) is 0 Å². The number of aromatic amines is 2. The van der Waals surface area contributed by atoms with Gasteiger partial charge in [0.2, 0.25) is 0 Å². The molecule has 4 heteroatoms. The lowest BCUT2D eigenvalue weighted by Crippen LogP contribution is -3.00. The molecular weight excluding hydrogens is 222 g/mol. The Hall–Kier alpha value is -1.48. The van der Waals surface area contributed by atoms with E-state index in [4.69, 9.17) is 5.73 Å². The fourth-order valence-electron chi connectivity index (χ4n) is 1.74. The predicted octanol–water partition coefficient (Wildman–Crippen LogP) is -1.38. The molecule has 2 rings (SSSR count). The molecule has 0 aliphatic heterocycles. The lowest BCUT2D eigenvalue weighted by Gasteiger charge is -2.03. The first-order valence-electron chi connectivity index (χ1n) is 5.07. The molecule has 0 atom stereocenters. The number of aromatic nitrogens is 2. The molecule has 0 spiro atoms. The maximum Gasteiger partial charge on any atom is 0.294 e. The summed E-state index contributed by atoms with van der Waals surface area (Å²) in [4.78, 5) is 0. The first-order chi connectivity index (χ1) is 7.18. The van der Waals surface area contributed by atoms with Crippen LogP contribution in [-0.4, -0.2) is 5.10 Å². The van der Waals surface area contributed by atoms with Crippen LogP contribution in [0.3, 0.4) is 0 Å². The van der Waals surface area contributed by atoms with E-state index in [0.717, 1.165) is 23.5 Å². The average molecular weight is 238 g/mol. The first kappa shape index (κ1) is 12.6. The Balaban J connectivity index is 0.00000128. The summed E-state index contributed by atoms with van der Waals surface area (Å²) in [6.45, 7) is 4.15. The quantitative estimate of drug-likeness (QED) is 0.665. The van der Waals surface area contributed by atoms with E-state index in [-0.39, 0.29) is 12.4 Å². The molecule has 0 saturated carbocycles. The van der Waals surface area contributed by atoms with E-state index in [1.807, 2.05) is 6.92 Å². The fraction of sp³-hybridized carbons (Fsp3) is 0.250. The van der Waals surface area contributed by atoms with Crippen LogP contribution in [-0.2, 0) is 6.42 Å². The molecule has 16 heavy (non-hydrogen) atoms. The summed E-state index contributed by atoms with van der Waals surface area (Å²) >= 11 is 0. The molecule has 0 radical (unpaired) electrons. The van der Waals surface area contributed by atoms with Crippen molar-refractivity contribution in [2.24, 2.45) is 0 Å². The number of halogens is 1. The zero-order chi connectivity index (χ0) is 10.8. The molecule has 4 N–H and O–H groups in total. The van der Waals surface area contributed by atoms with Gasteiger partial charge in [-0.2, -0.15) is 5.10 Å². The first-order valence-corrected chi connectivity index (χ1v) is 5.07. The van der Waals surface area contributed by atoms with Gasteiger partial charge in [-0.05, 0) is 25.0 Å². The zero-order valence-electron chi connectivity index (χ0n) is 9.47. The van der Waals surface area contributed by atoms with Crippen molar-refractivity contribution in [2.45, 2.75) is 20.3 Å². The highest BCUT2D eigenvalue weighted by Gasteiger charge is 2.12. The molecule has 2 aromatic rings. The third-order valence-corrected chi connectivity index (χ3v) is 2.79. The van der Waals surface area contributed by atoms with E-state index in [9.17, 15) is 0 Å². The molecule has 0 fully saturated rings. The largest absolute Gasteiger partial charge is 1.00 e. The number of rotatable bonds is 2. The van der Waals surface area contributed by atoms with Gasteiger partial charge in [0.25, 0.3) is 5.82 Å². The number of nitrogens with one attached hydrogen (secondary N) is 2. The summed E-state index contributed by atoms with van der Waals surface area (Å²) in [6, 6.07) is 8.38. The topological polar surface area (TPSA) is 56.0 Å². The van der Waals surface area contributed by atoms with E-state index in [2.05, 4.69) is 41.4 Å². The van der Waals surface area contributed by atoms with Gasteiger partial charge >= 0.3 is 0 Å². The van der Waals surface area contributed by atoms with Gasteiger partial charge in [0.05, 0.1) is 11.3 Å². The van der Waals surface area contributed by atoms with Crippen molar-refractivity contribution in [3.05, 3.63) is 46.6 Å². The molecule has 0 aliphatic carbocycles. The van der Waals surface area contributed by atoms with Crippen LogP contribution in [0.1, 0.15) is 22.4 Å². The lowest BCUT2D eigenvalue weighted by atomic mass is 10.0. The standard InChI is InChI=1S/C12H15N3.ClH/c1-8-5-3-4-6-10(8)7-11-9(2)14-15-12(11)13;/h3-6H,7H2,1-2H3,(H3,13,14,15);1H. The van der Waals surface area contributed by atoms with E-state index in [1.165, 1.54) is 11.1 Å². The predicted molar refractivity (Wildman–Crippen MR) is 60.5 cm³/mol. The molecule has 3 nitrogen and oxygen atoms in total. The monoisotopic (exact) mass is 237 g/mol.